The SMILES string of the molecule is CC(C)N1CCC(=O)C1C(C)(C)C. The van der Waals surface area contributed by atoms with E-state index in [0.29, 0.717) is 11.8 Å². The summed E-state index contributed by atoms with van der Waals surface area (Å²) < 4.78 is 0. The normalized spacial score (nSPS) is 26.0. The summed E-state index contributed by atoms with van der Waals surface area (Å²) in [5.41, 5.74) is 0.0812. The van der Waals surface area contributed by atoms with Gasteiger partial charge in [0.1, 0.15) is 0 Å². The minimum Gasteiger partial charge on any atom is -0.298 e. The lowest BCUT2D eigenvalue weighted by Gasteiger charge is -2.36. The van der Waals surface area contributed by atoms with Gasteiger partial charge in [-0.1, -0.05) is 20.8 Å². The standard InChI is InChI=1S/C11H21NO/c1-8(2)12-7-6-9(13)10(12)11(3,4)5/h8,10H,6-7H2,1-5H3. The molecule has 1 saturated heterocycles. The first kappa shape index (κ1) is 10.7. The second kappa shape index (κ2) is 3.41. The summed E-state index contributed by atoms with van der Waals surface area (Å²) in [6, 6.07) is 0.614. The van der Waals surface area contributed by atoms with Crippen molar-refractivity contribution in [2.75, 3.05) is 6.54 Å². The van der Waals surface area contributed by atoms with Crippen molar-refractivity contribution in [2.45, 2.75) is 53.1 Å². The van der Waals surface area contributed by atoms with Crippen molar-refractivity contribution >= 4 is 5.78 Å². The summed E-state index contributed by atoms with van der Waals surface area (Å²) in [5, 5.41) is 0. The summed E-state index contributed by atoms with van der Waals surface area (Å²) in [6.07, 6.45) is 0.736. The first-order valence-electron chi connectivity index (χ1n) is 5.12. The van der Waals surface area contributed by atoms with E-state index < -0.39 is 0 Å². The van der Waals surface area contributed by atoms with Crippen LogP contribution in [0, 0.1) is 5.41 Å². The van der Waals surface area contributed by atoms with E-state index in [4.69, 9.17) is 0 Å². The molecule has 2 heteroatoms. The molecule has 0 aliphatic carbocycles. The van der Waals surface area contributed by atoms with E-state index in [-0.39, 0.29) is 11.5 Å². The van der Waals surface area contributed by atoms with Gasteiger partial charge in [-0.15, -0.1) is 0 Å². The molecule has 0 amide bonds. The van der Waals surface area contributed by atoms with E-state index in [1.165, 1.54) is 0 Å². The summed E-state index contributed by atoms with van der Waals surface area (Å²) in [6.45, 7) is 11.7. The summed E-state index contributed by atoms with van der Waals surface area (Å²) in [4.78, 5) is 14.0. The number of nitrogens with zero attached hydrogens (tertiary/aromatic N) is 1. The van der Waals surface area contributed by atoms with E-state index in [2.05, 4.69) is 39.5 Å². The molecule has 1 unspecified atom stereocenters. The van der Waals surface area contributed by atoms with Gasteiger partial charge in [0, 0.05) is 19.0 Å². The average molecular weight is 183 g/mol. The molecule has 0 spiro atoms. The van der Waals surface area contributed by atoms with Gasteiger partial charge in [-0.3, -0.25) is 9.69 Å². The van der Waals surface area contributed by atoms with Crippen LogP contribution in [0.1, 0.15) is 41.0 Å². The molecule has 76 valence electrons. The van der Waals surface area contributed by atoms with Crippen LogP contribution in [0.15, 0.2) is 0 Å². The van der Waals surface area contributed by atoms with Crippen LogP contribution in [0.5, 0.6) is 0 Å². The van der Waals surface area contributed by atoms with Crippen LogP contribution >= 0.6 is 0 Å². The van der Waals surface area contributed by atoms with Crippen molar-refractivity contribution in [1.29, 1.82) is 0 Å². The quantitative estimate of drug-likeness (QED) is 0.620. The molecule has 13 heavy (non-hydrogen) atoms. The van der Waals surface area contributed by atoms with Gasteiger partial charge in [-0.25, -0.2) is 0 Å². The van der Waals surface area contributed by atoms with Crippen LogP contribution in [0.2, 0.25) is 0 Å². The zero-order chi connectivity index (χ0) is 10.2. The predicted octanol–water partition coefficient (Wildman–Crippen LogP) is 2.08. The van der Waals surface area contributed by atoms with Gasteiger partial charge in [0.15, 0.2) is 5.78 Å². The first-order chi connectivity index (χ1) is 5.84. The van der Waals surface area contributed by atoms with Crippen LogP contribution in [-0.2, 0) is 4.79 Å². The monoisotopic (exact) mass is 183 g/mol. The van der Waals surface area contributed by atoms with E-state index in [0.717, 1.165) is 13.0 Å². The van der Waals surface area contributed by atoms with Crippen molar-refractivity contribution in [3.8, 4) is 0 Å². The van der Waals surface area contributed by atoms with Crippen LogP contribution in [0.3, 0.4) is 0 Å². The number of likely N-dealkylation sites (tertiary alicyclic amines) is 1. The second-order valence-electron chi connectivity index (χ2n) is 5.32. The molecule has 1 rings (SSSR count). The molecule has 0 aromatic heterocycles. The lowest BCUT2D eigenvalue weighted by atomic mass is 9.84. The number of hydrogen-bond acceptors (Lipinski definition) is 2. The van der Waals surface area contributed by atoms with Crippen molar-refractivity contribution < 1.29 is 4.79 Å². The highest BCUT2D eigenvalue weighted by atomic mass is 16.1. The van der Waals surface area contributed by atoms with Gasteiger partial charge in [-0.2, -0.15) is 0 Å². The zero-order valence-electron chi connectivity index (χ0n) is 9.42. The minimum atomic E-state index is 0.0812. The summed E-state index contributed by atoms with van der Waals surface area (Å²) in [5.74, 6) is 0.418. The van der Waals surface area contributed by atoms with E-state index in [9.17, 15) is 4.79 Å². The Balaban J connectivity index is 2.84. The summed E-state index contributed by atoms with van der Waals surface area (Å²) >= 11 is 0. The van der Waals surface area contributed by atoms with Gasteiger partial charge in [0.2, 0.25) is 0 Å². The number of Topliss-reactive ketones (excluding diaryl/α,β-unsaturated/α-hetero) is 1. The average Bonchev–Trinajstić information content (AvgIpc) is 2.28. The largest absolute Gasteiger partial charge is 0.298 e. The van der Waals surface area contributed by atoms with Crippen LogP contribution in [0.4, 0.5) is 0 Å². The fraction of sp³-hybridized carbons (Fsp3) is 0.909. The third-order valence-corrected chi connectivity index (χ3v) is 2.74. The molecule has 1 aliphatic rings. The van der Waals surface area contributed by atoms with Crippen molar-refractivity contribution in [3.63, 3.8) is 0 Å². The number of carbonyl (C=O) groups is 1. The maximum atomic E-state index is 11.7. The highest BCUT2D eigenvalue weighted by Gasteiger charge is 2.41. The van der Waals surface area contributed by atoms with Crippen molar-refractivity contribution in [2.24, 2.45) is 5.41 Å². The molecule has 0 N–H and O–H groups in total. The maximum Gasteiger partial charge on any atom is 0.151 e. The first-order valence-corrected chi connectivity index (χ1v) is 5.12. The third-order valence-electron chi connectivity index (χ3n) is 2.74. The Morgan fingerprint density at radius 2 is 1.92 bits per heavy atom. The molecule has 0 bridgehead atoms. The molecular formula is C11H21NO. The molecule has 0 aromatic rings. The molecule has 0 radical (unpaired) electrons. The fourth-order valence-corrected chi connectivity index (χ4v) is 2.23. The third kappa shape index (κ3) is 2.11. The fourth-order valence-electron chi connectivity index (χ4n) is 2.23. The molecular weight excluding hydrogens is 162 g/mol. The Morgan fingerprint density at radius 3 is 2.23 bits per heavy atom. The van der Waals surface area contributed by atoms with Gasteiger partial charge in [0.05, 0.1) is 6.04 Å². The highest BCUT2D eigenvalue weighted by molar-refractivity contribution is 5.87. The Labute approximate surface area is 81.3 Å². The van der Waals surface area contributed by atoms with Crippen LogP contribution < -0.4 is 0 Å². The Bertz CT molecular complexity index is 203. The molecule has 0 saturated carbocycles. The lowest BCUT2D eigenvalue weighted by molar-refractivity contribution is -0.123. The van der Waals surface area contributed by atoms with E-state index in [1.54, 1.807) is 0 Å². The summed E-state index contributed by atoms with van der Waals surface area (Å²) in [7, 11) is 0. The minimum absolute atomic E-state index is 0.0812. The van der Waals surface area contributed by atoms with Crippen molar-refractivity contribution in [3.05, 3.63) is 0 Å². The topological polar surface area (TPSA) is 20.3 Å². The molecule has 1 atom stereocenters. The molecule has 1 fully saturated rings. The number of ketones is 1. The maximum absolute atomic E-state index is 11.7. The van der Waals surface area contributed by atoms with Crippen LogP contribution in [0.25, 0.3) is 0 Å². The van der Waals surface area contributed by atoms with Gasteiger partial charge < -0.3 is 0 Å². The highest BCUT2D eigenvalue weighted by Crippen LogP contribution is 2.31. The number of rotatable bonds is 1. The second-order valence-corrected chi connectivity index (χ2v) is 5.32. The Hall–Kier alpha value is -0.370. The van der Waals surface area contributed by atoms with Gasteiger partial charge in [0.25, 0.3) is 0 Å². The van der Waals surface area contributed by atoms with Crippen LogP contribution in [-0.4, -0.2) is 29.3 Å². The molecule has 0 aromatic carbocycles. The number of carbonyl (C=O) groups excluding carboxylic acids is 1. The van der Waals surface area contributed by atoms with E-state index >= 15 is 0 Å². The van der Waals surface area contributed by atoms with Gasteiger partial charge >= 0.3 is 0 Å². The Morgan fingerprint density at radius 1 is 1.38 bits per heavy atom. The molecule has 2 nitrogen and oxygen atoms in total. The van der Waals surface area contributed by atoms with Gasteiger partial charge in [-0.05, 0) is 19.3 Å². The smallest absolute Gasteiger partial charge is 0.151 e. The Kier molecular flexibility index (Phi) is 2.81. The molecule has 1 aliphatic heterocycles. The number of hydrogen-bond donors (Lipinski definition) is 0. The lowest BCUT2D eigenvalue weighted by Crippen LogP contribution is -2.46. The van der Waals surface area contributed by atoms with Crippen molar-refractivity contribution in [1.82, 2.24) is 4.90 Å². The zero-order valence-corrected chi connectivity index (χ0v) is 9.42. The predicted molar refractivity (Wildman–Crippen MR) is 54.7 cm³/mol. The molecule has 1 heterocycles. The van der Waals surface area contributed by atoms with E-state index in [1.807, 2.05) is 0 Å².